The SMILES string of the molecule is C=C\C=C/C(C)=C/C=C\C. The van der Waals surface area contributed by atoms with Gasteiger partial charge in [-0.05, 0) is 13.8 Å². The molecule has 0 N–H and O–H groups in total. The molecule has 0 aromatic heterocycles. The molecule has 54 valence electrons. The van der Waals surface area contributed by atoms with E-state index < -0.39 is 0 Å². The summed E-state index contributed by atoms with van der Waals surface area (Å²) in [5, 5.41) is 0. The van der Waals surface area contributed by atoms with Crippen LogP contribution in [-0.4, -0.2) is 0 Å². The molecule has 0 atom stereocenters. The van der Waals surface area contributed by atoms with Crippen molar-refractivity contribution in [2.45, 2.75) is 13.8 Å². The van der Waals surface area contributed by atoms with E-state index in [1.54, 1.807) is 6.08 Å². The predicted molar refractivity (Wildman–Crippen MR) is 47.9 cm³/mol. The van der Waals surface area contributed by atoms with Crippen LogP contribution in [-0.2, 0) is 0 Å². The zero-order valence-electron chi connectivity index (χ0n) is 6.67. The van der Waals surface area contributed by atoms with E-state index in [-0.39, 0.29) is 0 Å². The van der Waals surface area contributed by atoms with Crippen molar-refractivity contribution in [2.24, 2.45) is 0 Å². The maximum atomic E-state index is 3.58. The van der Waals surface area contributed by atoms with Gasteiger partial charge in [0, 0.05) is 0 Å². The number of allylic oxidation sites excluding steroid dienone is 7. The van der Waals surface area contributed by atoms with Crippen LogP contribution in [0.4, 0.5) is 0 Å². The first-order chi connectivity index (χ1) is 4.81. The number of hydrogen-bond donors (Lipinski definition) is 0. The maximum absolute atomic E-state index is 3.58. The molecular weight excluding hydrogens is 120 g/mol. The third kappa shape index (κ3) is 5.10. The van der Waals surface area contributed by atoms with Crippen LogP contribution in [0.15, 0.2) is 48.6 Å². The third-order valence-corrected chi connectivity index (χ3v) is 1.05. The normalized spacial score (nSPS) is 13.2. The highest BCUT2D eigenvalue weighted by molar-refractivity contribution is 5.23. The summed E-state index contributed by atoms with van der Waals surface area (Å²) in [6, 6.07) is 0. The van der Waals surface area contributed by atoms with Crippen molar-refractivity contribution in [1.29, 1.82) is 0 Å². The summed E-state index contributed by atoms with van der Waals surface area (Å²) in [6.07, 6.45) is 11.8. The second-order valence-corrected chi connectivity index (χ2v) is 2.03. The Morgan fingerprint density at radius 1 is 1.30 bits per heavy atom. The molecule has 0 aromatic rings. The van der Waals surface area contributed by atoms with Gasteiger partial charge >= 0.3 is 0 Å². The molecule has 0 heterocycles. The van der Waals surface area contributed by atoms with Gasteiger partial charge in [0.05, 0.1) is 0 Å². The molecular formula is C10H14. The zero-order valence-corrected chi connectivity index (χ0v) is 6.67. The van der Waals surface area contributed by atoms with Crippen LogP contribution in [0.2, 0.25) is 0 Å². The number of rotatable bonds is 3. The van der Waals surface area contributed by atoms with E-state index in [4.69, 9.17) is 0 Å². The number of hydrogen-bond acceptors (Lipinski definition) is 0. The molecule has 0 aromatic carbocycles. The van der Waals surface area contributed by atoms with Crippen LogP contribution < -0.4 is 0 Å². The molecule has 0 bridgehead atoms. The molecule has 0 nitrogen and oxygen atoms in total. The van der Waals surface area contributed by atoms with Crippen molar-refractivity contribution in [2.75, 3.05) is 0 Å². The van der Waals surface area contributed by atoms with E-state index in [0.29, 0.717) is 0 Å². The van der Waals surface area contributed by atoms with Crippen LogP contribution in [0.1, 0.15) is 13.8 Å². The molecule has 0 aliphatic rings. The Hall–Kier alpha value is -1.04. The zero-order chi connectivity index (χ0) is 7.82. The first kappa shape index (κ1) is 8.96. The van der Waals surface area contributed by atoms with E-state index in [1.807, 2.05) is 31.2 Å². The summed E-state index contributed by atoms with van der Waals surface area (Å²) >= 11 is 0. The second-order valence-electron chi connectivity index (χ2n) is 2.03. The van der Waals surface area contributed by atoms with Crippen molar-refractivity contribution in [3.05, 3.63) is 48.6 Å². The minimum atomic E-state index is 1.23. The Labute approximate surface area is 63.3 Å². The molecule has 0 spiro atoms. The van der Waals surface area contributed by atoms with Crippen molar-refractivity contribution >= 4 is 0 Å². The second kappa shape index (κ2) is 6.09. The molecule has 0 fully saturated rings. The molecule has 0 heteroatoms. The van der Waals surface area contributed by atoms with E-state index in [2.05, 4.69) is 19.6 Å². The van der Waals surface area contributed by atoms with Gasteiger partial charge in [-0.25, -0.2) is 0 Å². The van der Waals surface area contributed by atoms with Crippen LogP contribution in [0.25, 0.3) is 0 Å². The summed E-state index contributed by atoms with van der Waals surface area (Å²) in [7, 11) is 0. The summed E-state index contributed by atoms with van der Waals surface area (Å²) < 4.78 is 0. The van der Waals surface area contributed by atoms with Crippen molar-refractivity contribution in [1.82, 2.24) is 0 Å². The summed E-state index contributed by atoms with van der Waals surface area (Å²) in [5.41, 5.74) is 1.23. The molecule has 0 unspecified atom stereocenters. The molecule has 0 aliphatic carbocycles. The average Bonchev–Trinajstić information content (AvgIpc) is 1.97. The maximum Gasteiger partial charge on any atom is -0.0398 e. The van der Waals surface area contributed by atoms with Crippen LogP contribution in [0, 0.1) is 0 Å². The van der Waals surface area contributed by atoms with Crippen molar-refractivity contribution < 1.29 is 0 Å². The fraction of sp³-hybridized carbons (Fsp3) is 0.200. The van der Waals surface area contributed by atoms with E-state index in [9.17, 15) is 0 Å². The standard InChI is InChI=1S/C10H14/c1-4-6-8-10(3)9-7-5-2/h4-9H,1H2,2-3H3/b7-5-,8-6-,10-9+. The molecule has 0 aliphatic heterocycles. The van der Waals surface area contributed by atoms with E-state index in [1.165, 1.54) is 5.57 Å². The first-order valence-corrected chi connectivity index (χ1v) is 3.40. The van der Waals surface area contributed by atoms with Gasteiger partial charge < -0.3 is 0 Å². The third-order valence-electron chi connectivity index (χ3n) is 1.05. The van der Waals surface area contributed by atoms with Gasteiger partial charge in [-0.1, -0.05) is 48.6 Å². The minimum Gasteiger partial charge on any atom is -0.0991 e. The lowest BCUT2D eigenvalue weighted by atomic mass is 10.2. The van der Waals surface area contributed by atoms with Gasteiger partial charge in [-0.3, -0.25) is 0 Å². The first-order valence-electron chi connectivity index (χ1n) is 3.40. The van der Waals surface area contributed by atoms with Crippen molar-refractivity contribution in [3.63, 3.8) is 0 Å². The topological polar surface area (TPSA) is 0 Å². The van der Waals surface area contributed by atoms with Gasteiger partial charge in [0.15, 0.2) is 0 Å². The summed E-state index contributed by atoms with van der Waals surface area (Å²) in [5.74, 6) is 0. The van der Waals surface area contributed by atoms with Crippen LogP contribution in [0.5, 0.6) is 0 Å². The predicted octanol–water partition coefficient (Wildman–Crippen LogP) is 3.25. The molecule has 0 amide bonds. The molecule has 10 heavy (non-hydrogen) atoms. The highest BCUT2D eigenvalue weighted by atomic mass is 13.8. The largest absolute Gasteiger partial charge is 0.0991 e. The lowest BCUT2D eigenvalue weighted by Gasteiger charge is -1.84. The smallest absolute Gasteiger partial charge is 0.0398 e. The molecule has 0 saturated carbocycles. The summed E-state index contributed by atoms with van der Waals surface area (Å²) in [4.78, 5) is 0. The minimum absolute atomic E-state index is 1.23. The quantitative estimate of drug-likeness (QED) is 0.520. The fourth-order valence-electron chi connectivity index (χ4n) is 0.523. The fourth-order valence-corrected chi connectivity index (χ4v) is 0.523. The van der Waals surface area contributed by atoms with Gasteiger partial charge in [0.2, 0.25) is 0 Å². The summed E-state index contributed by atoms with van der Waals surface area (Å²) in [6.45, 7) is 7.64. The van der Waals surface area contributed by atoms with E-state index in [0.717, 1.165) is 0 Å². The Morgan fingerprint density at radius 2 is 2.00 bits per heavy atom. The highest BCUT2D eigenvalue weighted by Crippen LogP contribution is 1.94. The Bertz CT molecular complexity index is 168. The van der Waals surface area contributed by atoms with Crippen LogP contribution >= 0.6 is 0 Å². The molecule has 0 rings (SSSR count). The molecule has 0 saturated heterocycles. The van der Waals surface area contributed by atoms with Crippen molar-refractivity contribution in [3.8, 4) is 0 Å². The lowest BCUT2D eigenvalue weighted by Crippen LogP contribution is -1.63. The van der Waals surface area contributed by atoms with Gasteiger partial charge in [-0.2, -0.15) is 0 Å². The van der Waals surface area contributed by atoms with E-state index >= 15 is 0 Å². The average molecular weight is 134 g/mol. The Kier molecular flexibility index (Phi) is 5.45. The van der Waals surface area contributed by atoms with Gasteiger partial charge in [-0.15, -0.1) is 0 Å². The van der Waals surface area contributed by atoms with Gasteiger partial charge in [0.1, 0.15) is 0 Å². The highest BCUT2D eigenvalue weighted by Gasteiger charge is 1.73. The van der Waals surface area contributed by atoms with Gasteiger partial charge in [0.25, 0.3) is 0 Å². The monoisotopic (exact) mass is 134 g/mol. The van der Waals surface area contributed by atoms with Crippen LogP contribution in [0.3, 0.4) is 0 Å². The lowest BCUT2D eigenvalue weighted by molar-refractivity contribution is 1.52. The Morgan fingerprint density at radius 3 is 2.50 bits per heavy atom. The Balaban J connectivity index is 3.93. The molecule has 0 radical (unpaired) electrons.